The molecule has 106 valence electrons. The fourth-order valence-corrected chi connectivity index (χ4v) is 3.41. The van der Waals surface area contributed by atoms with Crippen LogP contribution in [0.25, 0.3) is 10.6 Å². The minimum Gasteiger partial charge on any atom is -0.472 e. The smallest absolute Gasteiger partial charge is 0.273 e. The molecule has 2 aromatic heterocycles. The van der Waals surface area contributed by atoms with Crippen molar-refractivity contribution in [2.24, 2.45) is 11.7 Å². The molecule has 1 aliphatic heterocycles. The number of nitrogens with two attached hydrogens (primary N) is 1. The van der Waals surface area contributed by atoms with E-state index in [4.69, 9.17) is 10.2 Å². The van der Waals surface area contributed by atoms with Crippen LogP contribution >= 0.6 is 11.3 Å². The van der Waals surface area contributed by atoms with Crippen LogP contribution in [-0.4, -0.2) is 34.9 Å². The lowest BCUT2D eigenvalue weighted by atomic mass is 10.1. The molecule has 0 bridgehead atoms. The molecule has 0 spiro atoms. The second-order valence-electron chi connectivity index (χ2n) is 5.19. The van der Waals surface area contributed by atoms with Gasteiger partial charge in [0.1, 0.15) is 17.0 Å². The monoisotopic (exact) mass is 291 g/mol. The molecule has 5 nitrogen and oxygen atoms in total. The molecule has 1 fully saturated rings. The molecule has 1 saturated heterocycles. The van der Waals surface area contributed by atoms with Crippen LogP contribution in [0.5, 0.6) is 0 Å². The van der Waals surface area contributed by atoms with Gasteiger partial charge in [0.2, 0.25) is 0 Å². The summed E-state index contributed by atoms with van der Waals surface area (Å²) in [6.45, 7) is 3.43. The van der Waals surface area contributed by atoms with Crippen molar-refractivity contribution in [3.8, 4) is 10.6 Å². The number of nitrogens with zero attached hydrogens (tertiary/aromatic N) is 2. The van der Waals surface area contributed by atoms with Gasteiger partial charge in [0, 0.05) is 23.5 Å². The number of amides is 1. The minimum atomic E-state index is -0.000514. The Morgan fingerprint density at radius 2 is 2.50 bits per heavy atom. The van der Waals surface area contributed by atoms with Crippen LogP contribution in [0.1, 0.15) is 23.8 Å². The average molecular weight is 291 g/mol. The molecule has 2 aromatic rings. The molecule has 2 unspecified atom stereocenters. The van der Waals surface area contributed by atoms with Crippen LogP contribution < -0.4 is 5.73 Å². The largest absolute Gasteiger partial charge is 0.472 e. The van der Waals surface area contributed by atoms with Gasteiger partial charge in [-0.05, 0) is 31.9 Å². The number of carbonyl (C=O) groups is 1. The summed E-state index contributed by atoms with van der Waals surface area (Å²) in [6.07, 6.45) is 4.21. The SMILES string of the molecule is CC1CC(CN)CN1C(=O)c1csc(-c2ccoc2)n1. The molecule has 20 heavy (non-hydrogen) atoms. The van der Waals surface area contributed by atoms with Gasteiger partial charge in [-0.25, -0.2) is 4.98 Å². The van der Waals surface area contributed by atoms with Crippen molar-refractivity contribution in [2.75, 3.05) is 13.1 Å². The number of hydrogen-bond donors (Lipinski definition) is 1. The first-order valence-electron chi connectivity index (χ1n) is 6.68. The molecule has 0 saturated carbocycles. The predicted molar refractivity (Wildman–Crippen MR) is 77.5 cm³/mol. The van der Waals surface area contributed by atoms with Gasteiger partial charge in [0.05, 0.1) is 6.26 Å². The molecule has 2 atom stereocenters. The summed E-state index contributed by atoms with van der Waals surface area (Å²) in [5.74, 6) is 0.403. The topological polar surface area (TPSA) is 72.4 Å². The van der Waals surface area contributed by atoms with E-state index in [-0.39, 0.29) is 11.9 Å². The van der Waals surface area contributed by atoms with E-state index in [1.807, 2.05) is 16.3 Å². The first-order chi connectivity index (χ1) is 9.69. The minimum absolute atomic E-state index is 0.000514. The van der Waals surface area contributed by atoms with Gasteiger partial charge in [-0.1, -0.05) is 0 Å². The Morgan fingerprint density at radius 1 is 1.65 bits per heavy atom. The van der Waals surface area contributed by atoms with E-state index < -0.39 is 0 Å². The lowest BCUT2D eigenvalue weighted by Gasteiger charge is -2.20. The van der Waals surface area contributed by atoms with Crippen LogP contribution in [0.2, 0.25) is 0 Å². The van der Waals surface area contributed by atoms with Crippen LogP contribution in [-0.2, 0) is 0 Å². The van der Waals surface area contributed by atoms with E-state index >= 15 is 0 Å². The summed E-state index contributed by atoms with van der Waals surface area (Å²) in [6, 6.07) is 2.07. The predicted octanol–water partition coefficient (Wildman–Crippen LogP) is 2.21. The molecule has 3 heterocycles. The van der Waals surface area contributed by atoms with E-state index in [9.17, 15) is 4.79 Å². The highest BCUT2D eigenvalue weighted by Gasteiger charge is 2.33. The molecule has 0 aromatic carbocycles. The maximum atomic E-state index is 12.5. The summed E-state index contributed by atoms with van der Waals surface area (Å²) >= 11 is 1.46. The summed E-state index contributed by atoms with van der Waals surface area (Å²) in [4.78, 5) is 18.8. The standard InChI is InChI=1S/C14H17N3O2S/c1-9-4-10(5-15)6-17(9)14(18)12-8-20-13(16-12)11-2-3-19-7-11/h2-3,7-10H,4-6,15H2,1H3. The van der Waals surface area contributed by atoms with Gasteiger partial charge in [0.15, 0.2) is 0 Å². The molecule has 3 rings (SSSR count). The third-order valence-corrected chi connectivity index (χ3v) is 4.64. The Labute approximate surface area is 121 Å². The number of likely N-dealkylation sites (tertiary alicyclic amines) is 1. The van der Waals surface area contributed by atoms with Crippen LogP contribution in [0, 0.1) is 5.92 Å². The zero-order chi connectivity index (χ0) is 14.1. The van der Waals surface area contributed by atoms with Crippen LogP contribution in [0.4, 0.5) is 0 Å². The van der Waals surface area contributed by atoms with Gasteiger partial charge >= 0.3 is 0 Å². The third-order valence-electron chi connectivity index (χ3n) is 3.75. The van der Waals surface area contributed by atoms with Crippen LogP contribution in [0.15, 0.2) is 28.4 Å². The van der Waals surface area contributed by atoms with Gasteiger partial charge < -0.3 is 15.1 Å². The fraction of sp³-hybridized carbons (Fsp3) is 0.429. The molecule has 0 radical (unpaired) electrons. The number of aromatic nitrogens is 1. The number of thiazole rings is 1. The highest BCUT2D eigenvalue weighted by atomic mass is 32.1. The Balaban J connectivity index is 1.78. The first kappa shape index (κ1) is 13.3. The van der Waals surface area contributed by atoms with Gasteiger partial charge in [-0.3, -0.25) is 4.79 Å². The molecule has 6 heteroatoms. The molecule has 1 amide bonds. The number of hydrogen-bond acceptors (Lipinski definition) is 5. The summed E-state index contributed by atoms with van der Waals surface area (Å²) in [5.41, 5.74) is 7.12. The normalized spacial score (nSPS) is 22.4. The second kappa shape index (κ2) is 5.38. The Bertz CT molecular complexity index is 593. The van der Waals surface area contributed by atoms with E-state index in [0.717, 1.165) is 23.5 Å². The number of rotatable bonds is 3. The summed E-state index contributed by atoms with van der Waals surface area (Å²) < 4.78 is 5.04. The number of carbonyl (C=O) groups excluding carboxylic acids is 1. The molecule has 2 N–H and O–H groups in total. The Hall–Kier alpha value is -1.66. The number of furan rings is 1. The highest BCUT2D eigenvalue weighted by Crippen LogP contribution is 2.27. The Morgan fingerprint density at radius 3 is 3.15 bits per heavy atom. The third kappa shape index (κ3) is 2.36. The molecular weight excluding hydrogens is 274 g/mol. The molecule has 0 aliphatic carbocycles. The van der Waals surface area contributed by atoms with Crippen molar-refractivity contribution in [1.82, 2.24) is 9.88 Å². The van der Waals surface area contributed by atoms with Gasteiger partial charge in [0.25, 0.3) is 5.91 Å². The maximum absolute atomic E-state index is 12.5. The van der Waals surface area contributed by atoms with Crippen LogP contribution in [0.3, 0.4) is 0 Å². The van der Waals surface area contributed by atoms with Crippen molar-refractivity contribution in [3.05, 3.63) is 29.7 Å². The van der Waals surface area contributed by atoms with Crippen molar-refractivity contribution in [3.63, 3.8) is 0 Å². The maximum Gasteiger partial charge on any atom is 0.273 e. The lowest BCUT2D eigenvalue weighted by Crippen LogP contribution is -2.34. The van der Waals surface area contributed by atoms with E-state index in [1.54, 1.807) is 12.5 Å². The average Bonchev–Trinajstić information content (AvgIpc) is 3.17. The molecule has 1 aliphatic rings. The Kier molecular flexibility index (Phi) is 3.58. The van der Waals surface area contributed by atoms with Gasteiger partial charge in [-0.2, -0.15) is 0 Å². The van der Waals surface area contributed by atoms with Gasteiger partial charge in [-0.15, -0.1) is 11.3 Å². The van der Waals surface area contributed by atoms with Crippen molar-refractivity contribution in [2.45, 2.75) is 19.4 Å². The van der Waals surface area contributed by atoms with Crippen molar-refractivity contribution < 1.29 is 9.21 Å². The zero-order valence-electron chi connectivity index (χ0n) is 11.3. The lowest BCUT2D eigenvalue weighted by molar-refractivity contribution is 0.0738. The first-order valence-corrected chi connectivity index (χ1v) is 7.56. The summed E-state index contributed by atoms with van der Waals surface area (Å²) in [5, 5.41) is 2.62. The van der Waals surface area contributed by atoms with E-state index in [1.165, 1.54) is 11.3 Å². The quantitative estimate of drug-likeness (QED) is 0.941. The highest BCUT2D eigenvalue weighted by molar-refractivity contribution is 7.13. The zero-order valence-corrected chi connectivity index (χ0v) is 12.1. The second-order valence-corrected chi connectivity index (χ2v) is 6.05. The fourth-order valence-electron chi connectivity index (χ4n) is 2.63. The van der Waals surface area contributed by atoms with Crippen molar-refractivity contribution in [1.29, 1.82) is 0 Å². The van der Waals surface area contributed by atoms with Crippen molar-refractivity contribution >= 4 is 17.2 Å². The molecular formula is C14H17N3O2S. The van der Waals surface area contributed by atoms with E-state index in [0.29, 0.717) is 18.2 Å². The van der Waals surface area contributed by atoms with E-state index in [2.05, 4.69) is 11.9 Å². The summed E-state index contributed by atoms with van der Waals surface area (Å²) in [7, 11) is 0.